The van der Waals surface area contributed by atoms with Crippen LogP contribution in [-0.2, 0) is 17.6 Å². The van der Waals surface area contributed by atoms with Crippen molar-refractivity contribution in [2.24, 2.45) is 11.5 Å². The number of nitrogens with zero attached hydrogens (tertiary/aromatic N) is 2. The average molecular weight is 469 g/mol. The standard InChI is InChI=1S/C20H22F3N5O3S/c21-20(22,23)31-15-6-3-4-13(10-15)11-17(30)26-16(25)9-8-14(24)5-1-2-7-18-27-28-19(12-29)32-18/h3-4,6,8-10,12H,1-2,5,7,11,24-25H2,(H,26,30)/b14-8-,16-9+. The van der Waals surface area contributed by atoms with E-state index in [4.69, 9.17) is 11.5 Å². The molecule has 172 valence electrons. The Morgan fingerprint density at radius 3 is 2.66 bits per heavy atom. The molecule has 1 aromatic heterocycles. The molecule has 0 aliphatic heterocycles. The predicted octanol–water partition coefficient (Wildman–Crippen LogP) is 2.96. The second kappa shape index (κ2) is 11.8. The fourth-order valence-corrected chi connectivity index (χ4v) is 3.28. The Balaban J connectivity index is 1.75. The van der Waals surface area contributed by atoms with Gasteiger partial charge in [0.25, 0.3) is 0 Å². The summed E-state index contributed by atoms with van der Waals surface area (Å²) in [7, 11) is 0. The number of unbranched alkanes of at least 4 members (excludes halogenated alkanes) is 1. The topological polar surface area (TPSA) is 133 Å². The minimum atomic E-state index is -4.81. The van der Waals surface area contributed by atoms with Crippen molar-refractivity contribution in [3.63, 3.8) is 0 Å². The van der Waals surface area contributed by atoms with E-state index < -0.39 is 18.0 Å². The molecule has 8 nitrogen and oxygen atoms in total. The van der Waals surface area contributed by atoms with E-state index in [-0.39, 0.29) is 12.2 Å². The molecule has 32 heavy (non-hydrogen) atoms. The number of hydrogen-bond donors (Lipinski definition) is 3. The van der Waals surface area contributed by atoms with E-state index in [2.05, 4.69) is 20.3 Å². The summed E-state index contributed by atoms with van der Waals surface area (Å²) >= 11 is 1.26. The third-order valence-electron chi connectivity index (χ3n) is 3.95. The molecule has 0 bridgehead atoms. The molecule has 1 heterocycles. The largest absolute Gasteiger partial charge is 0.573 e. The molecule has 0 atom stereocenters. The van der Waals surface area contributed by atoms with Crippen LogP contribution in [0.4, 0.5) is 13.2 Å². The van der Waals surface area contributed by atoms with Gasteiger partial charge in [-0.15, -0.1) is 23.4 Å². The van der Waals surface area contributed by atoms with Crippen LogP contribution in [0.3, 0.4) is 0 Å². The van der Waals surface area contributed by atoms with Gasteiger partial charge >= 0.3 is 6.36 Å². The van der Waals surface area contributed by atoms with Crippen molar-refractivity contribution in [1.29, 1.82) is 0 Å². The Morgan fingerprint density at radius 1 is 1.19 bits per heavy atom. The van der Waals surface area contributed by atoms with Crippen LogP contribution in [0.2, 0.25) is 0 Å². The summed E-state index contributed by atoms with van der Waals surface area (Å²) in [6.07, 6.45) is 1.59. The summed E-state index contributed by atoms with van der Waals surface area (Å²) < 4.78 is 40.7. The van der Waals surface area contributed by atoms with Gasteiger partial charge in [0.2, 0.25) is 5.91 Å². The SMILES string of the molecule is N/C(=C\C=C(/N)NC(=O)Cc1cccc(OC(F)(F)F)c1)CCCCc1nnc(C=O)s1. The molecule has 0 aliphatic carbocycles. The molecule has 5 N–H and O–H groups in total. The maximum absolute atomic E-state index is 12.3. The highest BCUT2D eigenvalue weighted by atomic mass is 32.1. The van der Waals surface area contributed by atoms with Gasteiger partial charge in [-0.3, -0.25) is 9.59 Å². The van der Waals surface area contributed by atoms with Crippen molar-refractivity contribution < 1.29 is 27.5 Å². The maximum Gasteiger partial charge on any atom is 0.573 e. The van der Waals surface area contributed by atoms with Crippen LogP contribution in [0.25, 0.3) is 0 Å². The second-order valence-electron chi connectivity index (χ2n) is 6.64. The van der Waals surface area contributed by atoms with Gasteiger partial charge < -0.3 is 21.5 Å². The molecule has 0 spiro atoms. The molecule has 2 aromatic rings. The minimum Gasteiger partial charge on any atom is -0.406 e. The number of rotatable bonds is 11. The molecule has 0 radical (unpaired) electrons. The number of carbonyl (C=O) groups is 2. The van der Waals surface area contributed by atoms with Crippen LogP contribution in [0.15, 0.2) is 47.9 Å². The summed E-state index contributed by atoms with van der Waals surface area (Å²) in [6, 6.07) is 5.14. The molecule has 12 heteroatoms. The minimum absolute atomic E-state index is 0.0518. The van der Waals surface area contributed by atoms with Crippen molar-refractivity contribution in [2.45, 2.75) is 38.5 Å². The Morgan fingerprint density at radius 2 is 1.97 bits per heavy atom. The summed E-state index contributed by atoms with van der Waals surface area (Å²) in [4.78, 5) is 22.6. The monoisotopic (exact) mass is 469 g/mol. The number of aryl methyl sites for hydroxylation is 1. The number of halogens is 3. The molecular weight excluding hydrogens is 447 g/mol. The molecule has 0 fully saturated rings. The first-order valence-corrected chi connectivity index (χ1v) is 10.3. The Kier molecular flexibility index (Phi) is 9.20. The number of alkyl halides is 3. The highest BCUT2D eigenvalue weighted by Gasteiger charge is 2.31. The van der Waals surface area contributed by atoms with Crippen LogP contribution in [0, 0.1) is 0 Å². The van der Waals surface area contributed by atoms with E-state index in [1.807, 2.05) is 0 Å². The lowest BCUT2D eigenvalue weighted by atomic mass is 10.1. The van der Waals surface area contributed by atoms with E-state index in [9.17, 15) is 22.8 Å². The van der Waals surface area contributed by atoms with Crippen molar-refractivity contribution in [2.75, 3.05) is 0 Å². The van der Waals surface area contributed by atoms with Gasteiger partial charge in [-0.2, -0.15) is 0 Å². The van der Waals surface area contributed by atoms with E-state index in [1.54, 1.807) is 6.08 Å². The Hall–Kier alpha value is -3.41. The van der Waals surface area contributed by atoms with Crippen molar-refractivity contribution in [3.8, 4) is 5.75 Å². The summed E-state index contributed by atoms with van der Waals surface area (Å²) in [6.45, 7) is 0. The van der Waals surface area contributed by atoms with Crippen LogP contribution < -0.4 is 21.5 Å². The molecule has 0 unspecified atom stereocenters. The number of nitrogens with two attached hydrogens (primary N) is 2. The molecule has 2 rings (SSSR count). The number of allylic oxidation sites excluding steroid dienone is 3. The number of amides is 1. The molecule has 0 aliphatic rings. The van der Waals surface area contributed by atoms with Crippen LogP contribution in [0.1, 0.15) is 39.6 Å². The predicted molar refractivity (Wildman–Crippen MR) is 112 cm³/mol. The van der Waals surface area contributed by atoms with Gasteiger partial charge in [0.1, 0.15) is 16.6 Å². The second-order valence-corrected chi connectivity index (χ2v) is 7.74. The fourth-order valence-electron chi connectivity index (χ4n) is 2.59. The molecule has 1 amide bonds. The van der Waals surface area contributed by atoms with Crippen molar-refractivity contribution in [3.05, 3.63) is 63.5 Å². The van der Waals surface area contributed by atoms with E-state index >= 15 is 0 Å². The first kappa shape index (κ1) is 24.9. The Bertz CT molecular complexity index is 989. The summed E-state index contributed by atoms with van der Waals surface area (Å²) in [5, 5.41) is 11.2. The number of nitrogens with one attached hydrogen (secondary N) is 1. The van der Waals surface area contributed by atoms with Crippen molar-refractivity contribution in [1.82, 2.24) is 15.5 Å². The van der Waals surface area contributed by atoms with E-state index in [0.717, 1.165) is 30.0 Å². The Labute approximate surface area is 186 Å². The zero-order chi connectivity index (χ0) is 23.6. The third-order valence-corrected chi connectivity index (χ3v) is 4.86. The number of carbonyl (C=O) groups excluding carboxylic acids is 2. The number of benzene rings is 1. The summed E-state index contributed by atoms with van der Waals surface area (Å²) in [5.41, 5.74) is 12.6. The van der Waals surface area contributed by atoms with Crippen LogP contribution >= 0.6 is 11.3 Å². The van der Waals surface area contributed by atoms with Gasteiger partial charge in [-0.25, -0.2) is 0 Å². The lowest BCUT2D eigenvalue weighted by Crippen LogP contribution is -2.28. The number of hydrogen-bond acceptors (Lipinski definition) is 8. The molecule has 0 saturated carbocycles. The van der Waals surface area contributed by atoms with Gasteiger partial charge in [-0.1, -0.05) is 23.5 Å². The third kappa shape index (κ3) is 9.60. The molecule has 0 saturated heterocycles. The molecule has 1 aromatic carbocycles. The molecular formula is C20H22F3N5O3S. The number of ether oxygens (including phenoxy) is 1. The normalized spacial score (nSPS) is 12.5. The van der Waals surface area contributed by atoms with Gasteiger partial charge in [0.15, 0.2) is 11.3 Å². The summed E-state index contributed by atoms with van der Waals surface area (Å²) in [5.74, 6) is -0.852. The maximum atomic E-state index is 12.3. The zero-order valence-corrected chi connectivity index (χ0v) is 17.7. The van der Waals surface area contributed by atoms with Gasteiger partial charge in [0.05, 0.1) is 6.42 Å². The lowest BCUT2D eigenvalue weighted by Gasteiger charge is -2.10. The quantitative estimate of drug-likeness (QED) is 0.262. The number of aromatic nitrogens is 2. The lowest BCUT2D eigenvalue weighted by molar-refractivity contribution is -0.274. The average Bonchev–Trinajstić information content (AvgIpc) is 3.16. The fraction of sp³-hybridized carbons (Fsp3) is 0.300. The van der Waals surface area contributed by atoms with Crippen LogP contribution in [-0.4, -0.2) is 28.8 Å². The number of aldehydes is 1. The smallest absolute Gasteiger partial charge is 0.406 e. The van der Waals surface area contributed by atoms with Gasteiger partial charge in [-0.05, 0) is 49.1 Å². The van der Waals surface area contributed by atoms with Gasteiger partial charge in [0, 0.05) is 12.1 Å². The first-order chi connectivity index (χ1) is 15.1. The van der Waals surface area contributed by atoms with Crippen LogP contribution in [0.5, 0.6) is 5.75 Å². The first-order valence-electron chi connectivity index (χ1n) is 9.48. The highest BCUT2D eigenvalue weighted by Crippen LogP contribution is 2.23. The van der Waals surface area contributed by atoms with Crippen molar-refractivity contribution >= 4 is 23.5 Å². The highest BCUT2D eigenvalue weighted by molar-refractivity contribution is 7.12. The van der Waals surface area contributed by atoms with E-state index in [0.29, 0.717) is 35.4 Å². The zero-order valence-electron chi connectivity index (χ0n) is 16.9. The van der Waals surface area contributed by atoms with E-state index in [1.165, 1.54) is 29.5 Å².